The molecule has 2 N–H and O–H groups in total. The Morgan fingerprint density at radius 3 is 2.45 bits per heavy atom. The zero-order valence-corrected chi connectivity index (χ0v) is 7.35. The molecule has 0 fully saturated rings. The zero-order chi connectivity index (χ0) is 8.43. The molecular weight excluding hydrogens is 138 g/mol. The second kappa shape index (κ2) is 3.09. The molecule has 0 aliphatic heterocycles. The van der Waals surface area contributed by atoms with E-state index in [9.17, 15) is 0 Å². The van der Waals surface area contributed by atoms with Crippen molar-refractivity contribution < 1.29 is 4.42 Å². The van der Waals surface area contributed by atoms with Crippen molar-refractivity contribution in [1.29, 1.82) is 0 Å². The minimum atomic E-state index is 0.494. The van der Waals surface area contributed by atoms with Gasteiger partial charge in [0.05, 0.1) is 6.54 Å². The number of hydrogen-bond acceptors (Lipinski definition) is 2. The van der Waals surface area contributed by atoms with E-state index in [2.05, 4.69) is 13.8 Å². The monoisotopic (exact) mass is 153 g/mol. The summed E-state index contributed by atoms with van der Waals surface area (Å²) in [5, 5.41) is 0. The Morgan fingerprint density at radius 2 is 2.18 bits per heavy atom. The minimum absolute atomic E-state index is 0.494. The smallest absolute Gasteiger partial charge is 0.118 e. The Kier molecular flexibility index (Phi) is 2.35. The summed E-state index contributed by atoms with van der Waals surface area (Å²) in [5.41, 5.74) is 6.71. The van der Waals surface area contributed by atoms with Gasteiger partial charge >= 0.3 is 0 Å². The van der Waals surface area contributed by atoms with E-state index in [4.69, 9.17) is 10.2 Å². The minimum Gasteiger partial charge on any atom is -0.465 e. The highest BCUT2D eigenvalue weighted by Crippen LogP contribution is 2.22. The van der Waals surface area contributed by atoms with Crippen molar-refractivity contribution in [2.75, 3.05) is 0 Å². The van der Waals surface area contributed by atoms with E-state index in [-0.39, 0.29) is 0 Å². The summed E-state index contributed by atoms with van der Waals surface area (Å²) in [5.74, 6) is 2.41. The quantitative estimate of drug-likeness (QED) is 0.707. The van der Waals surface area contributed by atoms with Gasteiger partial charge in [-0.25, -0.2) is 0 Å². The first-order valence-electron chi connectivity index (χ1n) is 3.94. The average Bonchev–Trinajstić information content (AvgIpc) is 2.30. The van der Waals surface area contributed by atoms with Crippen LogP contribution >= 0.6 is 0 Å². The molecule has 0 radical (unpaired) electrons. The third-order valence-corrected chi connectivity index (χ3v) is 1.83. The predicted molar refractivity (Wildman–Crippen MR) is 45.4 cm³/mol. The van der Waals surface area contributed by atoms with E-state index >= 15 is 0 Å². The molecule has 1 aromatic heterocycles. The molecule has 0 saturated carbocycles. The van der Waals surface area contributed by atoms with Gasteiger partial charge < -0.3 is 10.2 Å². The van der Waals surface area contributed by atoms with Crippen molar-refractivity contribution >= 4 is 0 Å². The lowest BCUT2D eigenvalue weighted by atomic mass is 10.0. The normalized spacial score (nSPS) is 11.0. The first-order chi connectivity index (χ1) is 5.15. The lowest BCUT2D eigenvalue weighted by Gasteiger charge is -1.99. The van der Waals surface area contributed by atoms with Crippen LogP contribution in [0.25, 0.3) is 0 Å². The number of furan rings is 1. The second-order valence-electron chi connectivity index (χ2n) is 3.08. The standard InChI is InChI=1S/C9H15NO/c1-6(2)9-4-8(5-10)11-7(9)3/h4,6H,5,10H2,1-3H3. The van der Waals surface area contributed by atoms with Gasteiger partial charge in [0.2, 0.25) is 0 Å². The van der Waals surface area contributed by atoms with Crippen LogP contribution in [0, 0.1) is 6.92 Å². The second-order valence-corrected chi connectivity index (χ2v) is 3.08. The highest BCUT2D eigenvalue weighted by molar-refractivity contribution is 5.23. The van der Waals surface area contributed by atoms with Gasteiger partial charge in [-0.3, -0.25) is 0 Å². The van der Waals surface area contributed by atoms with Crippen molar-refractivity contribution in [3.63, 3.8) is 0 Å². The Labute approximate surface area is 67.4 Å². The topological polar surface area (TPSA) is 39.2 Å². The van der Waals surface area contributed by atoms with Crippen LogP contribution in [0.2, 0.25) is 0 Å². The van der Waals surface area contributed by atoms with Gasteiger partial charge in [-0.05, 0) is 24.5 Å². The van der Waals surface area contributed by atoms with Gasteiger partial charge in [-0.15, -0.1) is 0 Å². The lowest BCUT2D eigenvalue weighted by molar-refractivity contribution is 0.481. The molecule has 62 valence electrons. The van der Waals surface area contributed by atoms with Crippen molar-refractivity contribution in [2.45, 2.75) is 33.2 Å². The predicted octanol–water partition coefficient (Wildman–Crippen LogP) is 2.17. The molecule has 0 atom stereocenters. The van der Waals surface area contributed by atoms with Gasteiger partial charge in [0.15, 0.2) is 0 Å². The number of rotatable bonds is 2. The molecule has 0 saturated heterocycles. The van der Waals surface area contributed by atoms with Crippen LogP contribution in [0.1, 0.15) is 36.8 Å². The van der Waals surface area contributed by atoms with Crippen LogP contribution in [-0.4, -0.2) is 0 Å². The molecule has 1 heterocycles. The first-order valence-corrected chi connectivity index (χ1v) is 3.94. The molecule has 0 unspecified atom stereocenters. The summed E-state index contributed by atoms with van der Waals surface area (Å²) in [7, 11) is 0. The van der Waals surface area contributed by atoms with Crippen LogP contribution in [-0.2, 0) is 6.54 Å². The third kappa shape index (κ3) is 1.63. The Balaban J connectivity index is 2.97. The third-order valence-electron chi connectivity index (χ3n) is 1.83. The largest absolute Gasteiger partial charge is 0.465 e. The molecule has 2 heteroatoms. The Bertz CT molecular complexity index is 238. The molecule has 1 aromatic rings. The van der Waals surface area contributed by atoms with Crippen LogP contribution < -0.4 is 5.73 Å². The fourth-order valence-electron chi connectivity index (χ4n) is 1.23. The molecule has 0 amide bonds. The molecule has 0 spiro atoms. The van der Waals surface area contributed by atoms with Crippen molar-refractivity contribution in [2.24, 2.45) is 5.73 Å². The first kappa shape index (κ1) is 8.34. The van der Waals surface area contributed by atoms with Gasteiger partial charge in [0, 0.05) is 0 Å². The highest BCUT2D eigenvalue weighted by atomic mass is 16.3. The number of aryl methyl sites for hydroxylation is 1. The van der Waals surface area contributed by atoms with Crippen molar-refractivity contribution in [3.05, 3.63) is 23.2 Å². The molecule has 11 heavy (non-hydrogen) atoms. The van der Waals surface area contributed by atoms with Gasteiger partial charge in [0.1, 0.15) is 11.5 Å². The van der Waals surface area contributed by atoms with E-state index in [1.165, 1.54) is 5.56 Å². The molecule has 0 aliphatic carbocycles. The lowest BCUT2D eigenvalue weighted by Crippen LogP contribution is -1.93. The SMILES string of the molecule is Cc1oc(CN)cc1C(C)C. The van der Waals surface area contributed by atoms with Crippen molar-refractivity contribution in [1.82, 2.24) is 0 Å². The fourth-order valence-corrected chi connectivity index (χ4v) is 1.23. The molecule has 2 nitrogen and oxygen atoms in total. The Morgan fingerprint density at radius 1 is 1.55 bits per heavy atom. The summed E-state index contributed by atoms with van der Waals surface area (Å²) >= 11 is 0. The maximum absolute atomic E-state index is 5.44. The van der Waals surface area contributed by atoms with E-state index in [0.717, 1.165) is 11.5 Å². The van der Waals surface area contributed by atoms with Crippen LogP contribution in [0.15, 0.2) is 10.5 Å². The highest BCUT2D eigenvalue weighted by Gasteiger charge is 2.08. The summed E-state index contributed by atoms with van der Waals surface area (Å²) in [6.45, 7) is 6.78. The molecule has 0 aromatic carbocycles. The number of nitrogens with two attached hydrogens (primary N) is 1. The van der Waals surface area contributed by atoms with Crippen LogP contribution in [0.4, 0.5) is 0 Å². The van der Waals surface area contributed by atoms with Gasteiger partial charge in [0.25, 0.3) is 0 Å². The van der Waals surface area contributed by atoms with Crippen LogP contribution in [0.3, 0.4) is 0 Å². The maximum Gasteiger partial charge on any atom is 0.118 e. The Hall–Kier alpha value is -0.760. The summed E-state index contributed by atoms with van der Waals surface area (Å²) < 4.78 is 5.40. The molecular formula is C9H15NO. The molecule has 0 bridgehead atoms. The van der Waals surface area contributed by atoms with E-state index in [1.54, 1.807) is 0 Å². The summed E-state index contributed by atoms with van der Waals surface area (Å²) in [6, 6.07) is 2.04. The van der Waals surface area contributed by atoms with E-state index in [0.29, 0.717) is 12.5 Å². The molecule has 0 aliphatic rings. The van der Waals surface area contributed by atoms with Gasteiger partial charge in [-0.2, -0.15) is 0 Å². The summed E-state index contributed by atoms with van der Waals surface area (Å²) in [4.78, 5) is 0. The summed E-state index contributed by atoms with van der Waals surface area (Å²) in [6.07, 6.45) is 0. The van der Waals surface area contributed by atoms with Crippen molar-refractivity contribution in [3.8, 4) is 0 Å². The zero-order valence-electron chi connectivity index (χ0n) is 7.35. The van der Waals surface area contributed by atoms with E-state index in [1.807, 2.05) is 13.0 Å². The van der Waals surface area contributed by atoms with E-state index < -0.39 is 0 Å². The average molecular weight is 153 g/mol. The van der Waals surface area contributed by atoms with Crippen LogP contribution in [0.5, 0.6) is 0 Å². The van der Waals surface area contributed by atoms with Gasteiger partial charge in [-0.1, -0.05) is 13.8 Å². The molecule has 1 rings (SSSR count). The number of hydrogen-bond donors (Lipinski definition) is 1. The fraction of sp³-hybridized carbons (Fsp3) is 0.556. The maximum atomic E-state index is 5.44.